The summed E-state index contributed by atoms with van der Waals surface area (Å²) in [4.78, 5) is 0. The monoisotopic (exact) mass is 164 g/mol. The van der Waals surface area contributed by atoms with E-state index in [-0.39, 0.29) is 0 Å². The van der Waals surface area contributed by atoms with Gasteiger partial charge in [-0.3, -0.25) is 0 Å². The zero-order valence-corrected chi connectivity index (χ0v) is 7.33. The van der Waals surface area contributed by atoms with Gasteiger partial charge in [0.05, 0.1) is 13.7 Å². The first-order valence-corrected chi connectivity index (χ1v) is 4.07. The second kappa shape index (κ2) is 2.79. The van der Waals surface area contributed by atoms with Crippen molar-refractivity contribution in [3.8, 4) is 5.75 Å². The van der Waals surface area contributed by atoms with E-state index in [4.69, 9.17) is 9.47 Å². The Morgan fingerprint density at radius 3 is 2.75 bits per heavy atom. The summed E-state index contributed by atoms with van der Waals surface area (Å²) in [6.45, 7) is 2.91. The third-order valence-corrected chi connectivity index (χ3v) is 2.12. The van der Waals surface area contributed by atoms with E-state index >= 15 is 0 Å². The van der Waals surface area contributed by atoms with E-state index in [0.29, 0.717) is 6.10 Å². The van der Waals surface area contributed by atoms with Crippen LogP contribution in [0.3, 0.4) is 0 Å². The zero-order valence-electron chi connectivity index (χ0n) is 7.33. The standard InChI is InChI=1S/C10H12O2/c1-7-5-8(10-6-12-10)3-4-9(7)11-2/h3-5,10H,6H2,1-2H3. The van der Waals surface area contributed by atoms with Gasteiger partial charge in [-0.25, -0.2) is 0 Å². The molecule has 12 heavy (non-hydrogen) atoms. The number of hydrogen-bond donors (Lipinski definition) is 0. The maximum Gasteiger partial charge on any atom is 0.121 e. The summed E-state index contributed by atoms with van der Waals surface area (Å²) in [5.74, 6) is 0.944. The van der Waals surface area contributed by atoms with Crippen molar-refractivity contribution in [1.29, 1.82) is 0 Å². The molecule has 1 unspecified atom stereocenters. The van der Waals surface area contributed by atoms with E-state index in [2.05, 4.69) is 12.1 Å². The molecule has 1 aromatic carbocycles. The molecule has 0 radical (unpaired) electrons. The molecule has 1 heterocycles. The van der Waals surface area contributed by atoms with Crippen molar-refractivity contribution < 1.29 is 9.47 Å². The molecule has 2 rings (SSSR count). The van der Waals surface area contributed by atoms with Crippen LogP contribution in [0.4, 0.5) is 0 Å². The van der Waals surface area contributed by atoms with Crippen LogP contribution in [0.5, 0.6) is 5.75 Å². The van der Waals surface area contributed by atoms with Gasteiger partial charge in [-0.2, -0.15) is 0 Å². The predicted octanol–water partition coefficient (Wildman–Crippen LogP) is 2.07. The lowest BCUT2D eigenvalue weighted by Gasteiger charge is -2.04. The molecule has 0 amide bonds. The molecule has 0 aliphatic carbocycles. The van der Waals surface area contributed by atoms with Crippen molar-refractivity contribution in [2.45, 2.75) is 13.0 Å². The smallest absolute Gasteiger partial charge is 0.121 e. The van der Waals surface area contributed by atoms with Crippen LogP contribution in [-0.4, -0.2) is 13.7 Å². The highest BCUT2D eigenvalue weighted by atomic mass is 16.6. The van der Waals surface area contributed by atoms with Gasteiger partial charge in [0, 0.05) is 0 Å². The molecular weight excluding hydrogens is 152 g/mol. The summed E-state index contributed by atoms with van der Waals surface area (Å²) in [7, 11) is 1.69. The number of methoxy groups -OCH3 is 1. The van der Waals surface area contributed by atoms with Crippen LogP contribution in [0.15, 0.2) is 18.2 Å². The van der Waals surface area contributed by atoms with Crippen molar-refractivity contribution in [2.24, 2.45) is 0 Å². The summed E-state index contributed by atoms with van der Waals surface area (Å²) in [5, 5.41) is 0. The average molecular weight is 164 g/mol. The third kappa shape index (κ3) is 1.30. The van der Waals surface area contributed by atoms with Gasteiger partial charge >= 0.3 is 0 Å². The topological polar surface area (TPSA) is 21.8 Å². The molecule has 2 nitrogen and oxygen atoms in total. The fourth-order valence-electron chi connectivity index (χ4n) is 1.34. The van der Waals surface area contributed by atoms with Gasteiger partial charge in [-0.1, -0.05) is 6.07 Å². The molecule has 0 bridgehead atoms. The normalized spacial score (nSPS) is 20.7. The maximum atomic E-state index is 5.18. The second-order valence-electron chi connectivity index (χ2n) is 3.05. The number of benzene rings is 1. The Labute approximate surface area is 72.1 Å². The van der Waals surface area contributed by atoms with Gasteiger partial charge in [-0.15, -0.1) is 0 Å². The third-order valence-electron chi connectivity index (χ3n) is 2.12. The van der Waals surface area contributed by atoms with E-state index in [0.717, 1.165) is 12.4 Å². The molecule has 1 aliphatic heterocycles. The first kappa shape index (κ1) is 7.62. The summed E-state index contributed by atoms with van der Waals surface area (Å²) in [6, 6.07) is 6.17. The molecule has 1 atom stereocenters. The Kier molecular flexibility index (Phi) is 1.77. The van der Waals surface area contributed by atoms with Gasteiger partial charge in [0.1, 0.15) is 11.9 Å². The molecule has 2 heteroatoms. The predicted molar refractivity (Wildman–Crippen MR) is 46.4 cm³/mol. The molecule has 0 saturated carbocycles. The minimum Gasteiger partial charge on any atom is -0.496 e. The highest BCUT2D eigenvalue weighted by molar-refractivity contribution is 5.37. The Bertz CT molecular complexity index is 290. The fraction of sp³-hybridized carbons (Fsp3) is 0.400. The van der Waals surface area contributed by atoms with Crippen molar-refractivity contribution in [1.82, 2.24) is 0 Å². The summed E-state index contributed by atoms with van der Waals surface area (Å²) >= 11 is 0. The molecule has 0 aromatic heterocycles. The van der Waals surface area contributed by atoms with Crippen molar-refractivity contribution in [3.05, 3.63) is 29.3 Å². The Hall–Kier alpha value is -1.02. The molecule has 64 valence electrons. The Morgan fingerprint density at radius 2 is 2.25 bits per heavy atom. The highest BCUT2D eigenvalue weighted by Crippen LogP contribution is 2.32. The summed E-state index contributed by atoms with van der Waals surface area (Å²) in [5.41, 5.74) is 2.43. The lowest BCUT2D eigenvalue weighted by Crippen LogP contribution is -1.88. The van der Waals surface area contributed by atoms with Crippen LogP contribution in [0.2, 0.25) is 0 Å². The molecule has 1 saturated heterocycles. The lowest BCUT2D eigenvalue weighted by molar-refractivity contribution is 0.407. The van der Waals surface area contributed by atoms with Gasteiger partial charge in [0.2, 0.25) is 0 Å². The molecule has 0 N–H and O–H groups in total. The fourth-order valence-corrected chi connectivity index (χ4v) is 1.34. The second-order valence-corrected chi connectivity index (χ2v) is 3.05. The minimum absolute atomic E-state index is 0.342. The van der Waals surface area contributed by atoms with E-state index in [1.165, 1.54) is 11.1 Å². The molecule has 1 fully saturated rings. The highest BCUT2D eigenvalue weighted by Gasteiger charge is 2.24. The van der Waals surface area contributed by atoms with E-state index in [9.17, 15) is 0 Å². The zero-order chi connectivity index (χ0) is 8.55. The van der Waals surface area contributed by atoms with Crippen LogP contribution in [0.25, 0.3) is 0 Å². The van der Waals surface area contributed by atoms with Crippen molar-refractivity contribution >= 4 is 0 Å². The van der Waals surface area contributed by atoms with E-state index in [1.807, 2.05) is 13.0 Å². The van der Waals surface area contributed by atoms with Crippen LogP contribution in [-0.2, 0) is 4.74 Å². The summed E-state index contributed by atoms with van der Waals surface area (Å²) in [6.07, 6.45) is 0.342. The van der Waals surface area contributed by atoms with Crippen LogP contribution in [0, 0.1) is 6.92 Å². The first-order chi connectivity index (χ1) is 5.81. The number of ether oxygens (including phenoxy) is 2. The molecule has 1 aliphatic rings. The number of epoxide rings is 1. The number of aryl methyl sites for hydroxylation is 1. The largest absolute Gasteiger partial charge is 0.496 e. The van der Waals surface area contributed by atoms with Gasteiger partial charge in [0.25, 0.3) is 0 Å². The lowest BCUT2D eigenvalue weighted by atomic mass is 10.1. The number of rotatable bonds is 2. The Balaban J connectivity index is 2.30. The molecular formula is C10H12O2. The van der Waals surface area contributed by atoms with Gasteiger partial charge in [-0.05, 0) is 30.2 Å². The van der Waals surface area contributed by atoms with Crippen LogP contribution >= 0.6 is 0 Å². The van der Waals surface area contributed by atoms with Crippen LogP contribution in [0.1, 0.15) is 17.2 Å². The van der Waals surface area contributed by atoms with E-state index in [1.54, 1.807) is 7.11 Å². The molecule has 1 aromatic rings. The SMILES string of the molecule is COc1ccc(C2CO2)cc1C. The maximum absolute atomic E-state index is 5.18. The van der Waals surface area contributed by atoms with Gasteiger partial charge < -0.3 is 9.47 Å². The minimum atomic E-state index is 0.342. The average Bonchev–Trinajstić information content (AvgIpc) is 2.86. The number of hydrogen-bond acceptors (Lipinski definition) is 2. The summed E-state index contributed by atoms with van der Waals surface area (Å²) < 4.78 is 10.3. The van der Waals surface area contributed by atoms with Crippen molar-refractivity contribution in [3.63, 3.8) is 0 Å². The Morgan fingerprint density at radius 1 is 1.50 bits per heavy atom. The van der Waals surface area contributed by atoms with Crippen LogP contribution < -0.4 is 4.74 Å². The quantitative estimate of drug-likeness (QED) is 0.624. The first-order valence-electron chi connectivity index (χ1n) is 4.07. The molecule has 0 spiro atoms. The van der Waals surface area contributed by atoms with E-state index < -0.39 is 0 Å². The van der Waals surface area contributed by atoms with Crippen molar-refractivity contribution in [2.75, 3.05) is 13.7 Å². The van der Waals surface area contributed by atoms with Gasteiger partial charge in [0.15, 0.2) is 0 Å².